The molecule has 0 radical (unpaired) electrons. The van der Waals surface area contributed by atoms with E-state index in [1.165, 1.54) is 0 Å². The molecule has 4 nitrogen and oxygen atoms in total. The summed E-state index contributed by atoms with van der Waals surface area (Å²) in [5.41, 5.74) is 0.747. The van der Waals surface area contributed by atoms with E-state index in [1.54, 1.807) is 19.1 Å². The summed E-state index contributed by atoms with van der Waals surface area (Å²) in [4.78, 5) is 26.7. The van der Waals surface area contributed by atoms with Gasteiger partial charge in [-0.05, 0) is 17.7 Å². The number of hydrogen-bond donors (Lipinski definition) is 1. The molecule has 1 aromatic carbocycles. The Balaban J connectivity index is 2.84. The number of carboxylic acids is 1. The number of fused-ring (bicyclic) bond motifs is 1. The van der Waals surface area contributed by atoms with Gasteiger partial charge < -0.3 is 5.11 Å². The Labute approximate surface area is 91.2 Å². The molecule has 0 amide bonds. The van der Waals surface area contributed by atoms with Gasteiger partial charge in [-0.2, -0.15) is 0 Å². The smallest absolute Gasteiger partial charge is 0.341 e. The molecule has 16 heavy (non-hydrogen) atoms. The number of Topliss-reactive ketones (excluding diaryl/α,β-unsaturated/α-hetero) is 1. The summed E-state index contributed by atoms with van der Waals surface area (Å²) in [5.74, 6) is -1.76. The van der Waals surface area contributed by atoms with Gasteiger partial charge in [0.1, 0.15) is 5.57 Å². The van der Waals surface area contributed by atoms with Crippen molar-refractivity contribution in [2.24, 2.45) is 4.99 Å². The Hall–Kier alpha value is -2.23. The zero-order chi connectivity index (χ0) is 11.9. The number of carbonyl (C=O) groups is 2. The summed E-state index contributed by atoms with van der Waals surface area (Å²) in [6.45, 7) is 5.50. The first-order valence-corrected chi connectivity index (χ1v) is 4.67. The van der Waals surface area contributed by atoms with Gasteiger partial charge in [0, 0.05) is 6.20 Å². The van der Waals surface area contributed by atoms with Crippen molar-refractivity contribution in [2.45, 2.75) is 6.92 Å². The fourth-order valence-electron chi connectivity index (χ4n) is 1.64. The molecule has 0 fully saturated rings. The molecule has 2 rings (SSSR count). The van der Waals surface area contributed by atoms with Gasteiger partial charge in [0.15, 0.2) is 0 Å². The molecule has 0 atom stereocenters. The average Bonchev–Trinajstić information content (AvgIpc) is 2.23. The minimum Gasteiger partial charge on any atom is -0.477 e. The van der Waals surface area contributed by atoms with Gasteiger partial charge in [0.05, 0.1) is 10.9 Å². The van der Waals surface area contributed by atoms with Gasteiger partial charge >= 0.3 is 5.97 Å². The average molecular weight is 215 g/mol. The van der Waals surface area contributed by atoms with Crippen molar-refractivity contribution in [3.8, 4) is 0 Å². The molecule has 1 heterocycles. The monoisotopic (exact) mass is 215 g/mol. The van der Waals surface area contributed by atoms with Gasteiger partial charge in [-0.3, -0.25) is 9.79 Å². The van der Waals surface area contributed by atoms with Crippen LogP contribution in [0.25, 0.3) is 6.58 Å². The van der Waals surface area contributed by atoms with Crippen molar-refractivity contribution >= 4 is 18.3 Å². The highest BCUT2D eigenvalue weighted by Crippen LogP contribution is 2.11. The van der Waals surface area contributed by atoms with E-state index >= 15 is 0 Å². The molecular weight excluding hydrogens is 206 g/mol. The highest BCUT2D eigenvalue weighted by molar-refractivity contribution is 6.24. The minimum atomic E-state index is -1.26. The predicted octanol–water partition coefficient (Wildman–Crippen LogP) is 0.190. The number of aliphatic carboxylic acids is 1. The molecular formula is C12H9NO3. The number of benzene rings is 1. The zero-order valence-corrected chi connectivity index (χ0v) is 8.65. The zero-order valence-electron chi connectivity index (χ0n) is 8.65. The maximum absolute atomic E-state index is 11.9. The van der Waals surface area contributed by atoms with E-state index in [0.29, 0.717) is 21.7 Å². The lowest BCUT2D eigenvalue weighted by molar-refractivity contribution is -0.132. The Bertz CT molecular complexity index is 641. The van der Waals surface area contributed by atoms with Crippen LogP contribution in [0.15, 0.2) is 28.9 Å². The summed E-state index contributed by atoms with van der Waals surface area (Å²) < 4.78 is 0. The van der Waals surface area contributed by atoms with Crippen LogP contribution in [0.5, 0.6) is 0 Å². The molecule has 80 valence electrons. The Morgan fingerprint density at radius 1 is 1.44 bits per heavy atom. The predicted molar refractivity (Wildman–Crippen MR) is 57.5 cm³/mol. The van der Waals surface area contributed by atoms with E-state index in [4.69, 9.17) is 5.11 Å². The standard InChI is InChI=1S/C12H9NO3/c1-6-3-4-7(2)10-9(6)11(14)8(5-13-10)12(15)16/h3-5H,2H2,1H3,(H,15,16). The third-order valence-corrected chi connectivity index (χ3v) is 2.49. The number of ketones is 1. The van der Waals surface area contributed by atoms with Crippen molar-refractivity contribution in [3.05, 3.63) is 45.6 Å². The largest absolute Gasteiger partial charge is 0.477 e. The maximum atomic E-state index is 11.9. The molecule has 0 bridgehead atoms. The molecule has 0 unspecified atom stereocenters. The van der Waals surface area contributed by atoms with Gasteiger partial charge in [0.25, 0.3) is 0 Å². The van der Waals surface area contributed by atoms with E-state index in [9.17, 15) is 9.59 Å². The fraction of sp³-hybridized carbons (Fsp3) is 0.0833. The normalized spacial score (nSPS) is 13.8. The Morgan fingerprint density at radius 2 is 2.12 bits per heavy atom. The second kappa shape index (κ2) is 3.41. The number of carbonyl (C=O) groups excluding carboxylic acids is 1. The van der Waals surface area contributed by atoms with Gasteiger partial charge in [-0.15, -0.1) is 0 Å². The molecule has 0 aliphatic carbocycles. The number of rotatable bonds is 1. The number of aryl methyl sites for hydroxylation is 1. The van der Waals surface area contributed by atoms with Crippen LogP contribution >= 0.6 is 0 Å². The molecule has 1 aromatic rings. The third kappa shape index (κ3) is 1.35. The highest BCUT2D eigenvalue weighted by atomic mass is 16.4. The lowest BCUT2D eigenvalue weighted by Gasteiger charge is -2.09. The summed E-state index contributed by atoms with van der Waals surface area (Å²) in [7, 11) is 0. The van der Waals surface area contributed by atoms with Crippen molar-refractivity contribution < 1.29 is 14.7 Å². The van der Waals surface area contributed by atoms with E-state index in [1.807, 2.05) is 0 Å². The minimum absolute atomic E-state index is 0.304. The van der Waals surface area contributed by atoms with Crippen LogP contribution in [0.1, 0.15) is 15.9 Å². The van der Waals surface area contributed by atoms with Crippen molar-refractivity contribution in [1.82, 2.24) is 0 Å². The SMILES string of the molecule is C=c1ccc(C)c2c1=NC=C(C(=O)O)C2=O. The second-order valence-corrected chi connectivity index (χ2v) is 3.57. The first-order valence-electron chi connectivity index (χ1n) is 4.67. The number of carboxylic acid groups (broad SMARTS) is 1. The molecule has 0 saturated heterocycles. The molecule has 0 spiro atoms. The quantitative estimate of drug-likeness (QED) is 0.680. The number of nitrogens with zero attached hydrogens (tertiary/aromatic N) is 1. The molecule has 1 aliphatic heterocycles. The first kappa shape index (κ1) is 10.3. The van der Waals surface area contributed by atoms with Crippen LogP contribution in [0.3, 0.4) is 0 Å². The van der Waals surface area contributed by atoms with Crippen LogP contribution in [0.2, 0.25) is 0 Å². The molecule has 4 heteroatoms. The van der Waals surface area contributed by atoms with Gasteiger partial charge in [0.2, 0.25) is 5.78 Å². The summed E-state index contributed by atoms with van der Waals surface area (Å²) in [5, 5.41) is 9.92. The third-order valence-electron chi connectivity index (χ3n) is 2.49. The highest BCUT2D eigenvalue weighted by Gasteiger charge is 2.24. The van der Waals surface area contributed by atoms with E-state index in [0.717, 1.165) is 6.20 Å². The van der Waals surface area contributed by atoms with Gasteiger partial charge in [-0.1, -0.05) is 18.7 Å². The number of hydrogen-bond acceptors (Lipinski definition) is 3. The summed E-state index contributed by atoms with van der Waals surface area (Å²) in [6.07, 6.45) is 1.08. The molecule has 1 N–H and O–H groups in total. The Kier molecular flexibility index (Phi) is 2.20. The molecule has 0 saturated carbocycles. The van der Waals surface area contributed by atoms with E-state index in [-0.39, 0.29) is 5.57 Å². The van der Waals surface area contributed by atoms with Crippen LogP contribution in [0.4, 0.5) is 0 Å². The first-order chi connectivity index (χ1) is 7.52. The van der Waals surface area contributed by atoms with Crippen LogP contribution in [-0.4, -0.2) is 16.9 Å². The van der Waals surface area contributed by atoms with Crippen LogP contribution in [0, 0.1) is 6.92 Å². The Morgan fingerprint density at radius 3 is 2.75 bits per heavy atom. The lowest BCUT2D eigenvalue weighted by Crippen LogP contribution is -2.34. The second-order valence-electron chi connectivity index (χ2n) is 3.57. The van der Waals surface area contributed by atoms with Crippen molar-refractivity contribution in [1.29, 1.82) is 0 Å². The van der Waals surface area contributed by atoms with E-state index in [2.05, 4.69) is 11.6 Å². The lowest BCUT2D eigenvalue weighted by atomic mass is 9.96. The van der Waals surface area contributed by atoms with E-state index < -0.39 is 11.8 Å². The molecule has 1 aliphatic rings. The van der Waals surface area contributed by atoms with Crippen LogP contribution in [-0.2, 0) is 4.79 Å². The fourth-order valence-corrected chi connectivity index (χ4v) is 1.64. The van der Waals surface area contributed by atoms with Crippen molar-refractivity contribution in [3.63, 3.8) is 0 Å². The maximum Gasteiger partial charge on any atom is 0.341 e. The summed E-state index contributed by atoms with van der Waals surface area (Å²) in [6, 6.07) is 3.49. The molecule has 0 aromatic heterocycles. The summed E-state index contributed by atoms with van der Waals surface area (Å²) >= 11 is 0. The van der Waals surface area contributed by atoms with Crippen LogP contribution < -0.4 is 10.6 Å². The topological polar surface area (TPSA) is 66.7 Å². The van der Waals surface area contributed by atoms with Crippen molar-refractivity contribution in [2.75, 3.05) is 0 Å². The van der Waals surface area contributed by atoms with Gasteiger partial charge in [-0.25, -0.2) is 4.79 Å².